The maximum Gasteiger partial charge on any atom is 0.418 e. The van der Waals surface area contributed by atoms with Crippen molar-refractivity contribution in [1.82, 2.24) is 4.57 Å². The van der Waals surface area contributed by atoms with E-state index in [4.69, 9.17) is 11.6 Å². The fourth-order valence-electron chi connectivity index (χ4n) is 5.01. The van der Waals surface area contributed by atoms with Gasteiger partial charge in [-0.1, -0.05) is 41.9 Å². The third-order valence-electron chi connectivity index (χ3n) is 6.30. The smallest absolute Gasteiger partial charge is 0.334 e. The van der Waals surface area contributed by atoms with Gasteiger partial charge in [-0.3, -0.25) is 0 Å². The molecule has 0 amide bonds. The molecule has 27 heavy (non-hydrogen) atoms. The van der Waals surface area contributed by atoms with E-state index in [0.29, 0.717) is 28.6 Å². The zero-order chi connectivity index (χ0) is 19.0. The third kappa shape index (κ3) is 2.46. The van der Waals surface area contributed by atoms with Gasteiger partial charge in [0.15, 0.2) is 0 Å². The Bertz CT molecular complexity index is 1030. The molecule has 3 aromatic rings. The summed E-state index contributed by atoms with van der Waals surface area (Å²) in [6.07, 6.45) is -1.68. The van der Waals surface area contributed by atoms with E-state index in [0.717, 1.165) is 18.4 Å². The van der Waals surface area contributed by atoms with E-state index in [1.54, 1.807) is 12.1 Å². The topological polar surface area (TPSA) is 4.93 Å². The molecule has 1 nitrogen and oxygen atoms in total. The first kappa shape index (κ1) is 17.2. The third-order valence-corrected chi connectivity index (χ3v) is 6.53. The van der Waals surface area contributed by atoms with E-state index in [1.807, 2.05) is 34.9 Å². The summed E-state index contributed by atoms with van der Waals surface area (Å²) in [6, 6.07) is 14.8. The monoisotopic (exact) mass is 389 g/mol. The summed E-state index contributed by atoms with van der Waals surface area (Å²) in [5.41, 5.74) is 1.13. The average molecular weight is 390 g/mol. The van der Waals surface area contributed by atoms with Crippen molar-refractivity contribution >= 4 is 22.5 Å². The highest BCUT2D eigenvalue weighted by Crippen LogP contribution is 2.59. The molecule has 0 saturated heterocycles. The highest BCUT2D eigenvalue weighted by atomic mass is 35.5. The van der Waals surface area contributed by atoms with Gasteiger partial charge in [0.25, 0.3) is 0 Å². The molecule has 1 saturated carbocycles. The van der Waals surface area contributed by atoms with E-state index in [2.05, 4.69) is 6.92 Å². The van der Waals surface area contributed by atoms with Crippen LogP contribution in [0, 0.1) is 5.92 Å². The van der Waals surface area contributed by atoms with Crippen molar-refractivity contribution < 1.29 is 13.2 Å². The highest BCUT2D eigenvalue weighted by molar-refractivity contribution is 6.31. The van der Waals surface area contributed by atoms with E-state index < -0.39 is 17.3 Å². The zero-order valence-electron chi connectivity index (χ0n) is 14.9. The second-order valence-electron chi connectivity index (χ2n) is 8.04. The summed E-state index contributed by atoms with van der Waals surface area (Å²) < 4.78 is 44.5. The van der Waals surface area contributed by atoms with Gasteiger partial charge < -0.3 is 4.57 Å². The Labute approximate surface area is 160 Å². The molecule has 0 N–H and O–H groups in total. The van der Waals surface area contributed by atoms with Crippen molar-refractivity contribution in [2.45, 2.75) is 43.8 Å². The van der Waals surface area contributed by atoms with Crippen LogP contribution in [0.5, 0.6) is 0 Å². The van der Waals surface area contributed by atoms with Gasteiger partial charge in [-0.15, -0.1) is 0 Å². The number of hydrogen-bond acceptors (Lipinski definition) is 0. The number of alkyl halides is 3. The van der Waals surface area contributed by atoms with Crippen LogP contribution in [-0.4, -0.2) is 4.57 Å². The summed E-state index contributed by atoms with van der Waals surface area (Å²) in [6.45, 7) is 2.07. The fourth-order valence-corrected chi connectivity index (χ4v) is 5.18. The molecule has 0 bridgehead atoms. The molecule has 0 spiro atoms. The van der Waals surface area contributed by atoms with E-state index in [-0.39, 0.29) is 11.3 Å². The van der Waals surface area contributed by atoms with Gasteiger partial charge in [0.2, 0.25) is 0 Å². The average Bonchev–Trinajstić information content (AvgIpc) is 3.33. The van der Waals surface area contributed by atoms with Crippen LogP contribution in [0.4, 0.5) is 13.2 Å². The molecular weight excluding hydrogens is 371 g/mol. The summed E-state index contributed by atoms with van der Waals surface area (Å²) in [5, 5.41) is 0.555. The summed E-state index contributed by atoms with van der Waals surface area (Å²) in [4.78, 5) is 0. The molecule has 1 aromatic heterocycles. The van der Waals surface area contributed by atoms with Gasteiger partial charge in [-0.2, -0.15) is 13.2 Å². The van der Waals surface area contributed by atoms with E-state index in [9.17, 15) is 13.2 Å². The highest BCUT2D eigenvalue weighted by Gasteiger charge is 2.53. The van der Waals surface area contributed by atoms with Gasteiger partial charge in [-0.05, 0) is 55.9 Å². The minimum absolute atomic E-state index is 0.0713. The van der Waals surface area contributed by atoms with Crippen LogP contribution < -0.4 is 0 Å². The minimum Gasteiger partial charge on any atom is -0.334 e. The largest absolute Gasteiger partial charge is 0.418 e. The lowest BCUT2D eigenvalue weighted by Crippen LogP contribution is -2.27. The molecule has 1 aliphatic heterocycles. The SMILES string of the molecule is CC1(c2ccccc2)CC(C2CC2)c2c(C(F)(F)F)c3cc(Cl)ccc3n21. The van der Waals surface area contributed by atoms with Gasteiger partial charge in [0.05, 0.1) is 11.1 Å². The number of hydrogen-bond donors (Lipinski definition) is 0. The minimum atomic E-state index is -4.40. The number of halogens is 4. The van der Waals surface area contributed by atoms with Gasteiger partial charge in [0, 0.05) is 27.5 Å². The van der Waals surface area contributed by atoms with Crippen molar-refractivity contribution in [1.29, 1.82) is 0 Å². The molecule has 5 heteroatoms. The second kappa shape index (κ2) is 5.54. The Morgan fingerprint density at radius 2 is 1.78 bits per heavy atom. The first-order valence-electron chi connectivity index (χ1n) is 9.28. The Balaban J connectivity index is 1.89. The molecule has 0 radical (unpaired) electrons. The Morgan fingerprint density at radius 1 is 1.07 bits per heavy atom. The van der Waals surface area contributed by atoms with E-state index in [1.165, 1.54) is 6.07 Å². The van der Waals surface area contributed by atoms with Crippen LogP contribution in [0.25, 0.3) is 10.9 Å². The van der Waals surface area contributed by atoms with Gasteiger partial charge >= 0.3 is 6.18 Å². The fraction of sp³-hybridized carbons (Fsp3) is 0.364. The lowest BCUT2D eigenvalue weighted by atomic mass is 9.83. The van der Waals surface area contributed by atoms with Crippen molar-refractivity contribution in [2.24, 2.45) is 5.92 Å². The standard InChI is InChI=1S/C22H19ClF3N/c1-21(14-5-3-2-4-6-14)12-17(13-7-8-13)20-19(22(24,25)26)16-11-15(23)9-10-18(16)27(20)21/h2-6,9-11,13,17H,7-8,12H2,1H3. The quantitative estimate of drug-likeness (QED) is 0.445. The molecule has 5 rings (SSSR count). The predicted octanol–water partition coefficient (Wildman–Crippen LogP) is 6.97. The maximum atomic E-state index is 14.2. The molecule has 2 heterocycles. The summed E-state index contributed by atoms with van der Waals surface area (Å²) >= 11 is 6.09. The summed E-state index contributed by atoms with van der Waals surface area (Å²) in [5.74, 6) is 0.271. The summed E-state index contributed by atoms with van der Waals surface area (Å²) in [7, 11) is 0. The van der Waals surface area contributed by atoms with Crippen LogP contribution >= 0.6 is 11.6 Å². The zero-order valence-corrected chi connectivity index (χ0v) is 15.6. The van der Waals surface area contributed by atoms with E-state index >= 15 is 0 Å². The predicted molar refractivity (Wildman–Crippen MR) is 101 cm³/mol. The van der Waals surface area contributed by atoms with Crippen LogP contribution in [0.2, 0.25) is 5.02 Å². The maximum absolute atomic E-state index is 14.2. The lowest BCUT2D eigenvalue weighted by Gasteiger charge is -2.29. The molecule has 2 atom stereocenters. The first-order chi connectivity index (χ1) is 12.8. The van der Waals surface area contributed by atoms with Gasteiger partial charge in [0.1, 0.15) is 0 Å². The van der Waals surface area contributed by atoms with Crippen molar-refractivity contribution in [3.8, 4) is 0 Å². The molecule has 2 aromatic carbocycles. The first-order valence-corrected chi connectivity index (χ1v) is 9.65. The molecule has 1 aliphatic carbocycles. The number of aromatic nitrogens is 1. The molecule has 140 valence electrons. The van der Waals surface area contributed by atoms with Crippen molar-refractivity contribution in [3.05, 3.63) is 70.4 Å². The van der Waals surface area contributed by atoms with Crippen LogP contribution in [0.15, 0.2) is 48.5 Å². The van der Waals surface area contributed by atoms with Gasteiger partial charge in [-0.25, -0.2) is 0 Å². The lowest BCUT2D eigenvalue weighted by molar-refractivity contribution is -0.137. The molecule has 2 unspecified atom stereocenters. The second-order valence-corrected chi connectivity index (χ2v) is 8.48. The number of fused-ring (bicyclic) bond motifs is 3. The number of nitrogens with zero attached hydrogens (tertiary/aromatic N) is 1. The van der Waals surface area contributed by atoms with Crippen molar-refractivity contribution in [2.75, 3.05) is 0 Å². The normalized spacial score (nSPS) is 25.1. The Hall–Kier alpha value is -1.94. The molecule has 1 fully saturated rings. The van der Waals surface area contributed by atoms with Crippen LogP contribution in [-0.2, 0) is 11.7 Å². The molecule has 2 aliphatic rings. The molecular formula is C22H19ClF3N. The Kier molecular flexibility index (Phi) is 3.52. The van der Waals surface area contributed by atoms with Crippen LogP contribution in [0.3, 0.4) is 0 Å². The Morgan fingerprint density at radius 3 is 2.41 bits per heavy atom. The number of benzene rings is 2. The number of rotatable bonds is 2. The van der Waals surface area contributed by atoms with Crippen molar-refractivity contribution in [3.63, 3.8) is 0 Å². The van der Waals surface area contributed by atoms with Crippen LogP contribution in [0.1, 0.15) is 48.9 Å².